The Morgan fingerprint density at radius 3 is 2.43 bits per heavy atom. The lowest BCUT2D eigenvalue weighted by Crippen LogP contribution is -2.24. The molecular formula is C17H17N3O. The second kappa shape index (κ2) is 7.71. The van der Waals surface area contributed by atoms with Crippen LogP contribution in [0.2, 0.25) is 0 Å². The maximum atomic E-state index is 11.7. The van der Waals surface area contributed by atoms with Crippen LogP contribution in [0.1, 0.15) is 17.5 Å². The topological polar surface area (TPSA) is 64.9 Å². The first-order chi connectivity index (χ1) is 10.3. The fraction of sp³-hybridized carbons (Fsp3) is 0.176. The average molecular weight is 279 g/mol. The number of hydrogen-bond donors (Lipinski definition) is 2. The van der Waals surface area contributed by atoms with Gasteiger partial charge in [-0.25, -0.2) is 0 Å². The highest BCUT2D eigenvalue weighted by atomic mass is 16.1. The van der Waals surface area contributed by atoms with Crippen LogP contribution in [0.3, 0.4) is 0 Å². The van der Waals surface area contributed by atoms with E-state index in [-0.39, 0.29) is 5.91 Å². The van der Waals surface area contributed by atoms with Gasteiger partial charge >= 0.3 is 0 Å². The molecule has 0 heterocycles. The van der Waals surface area contributed by atoms with Gasteiger partial charge in [0, 0.05) is 25.2 Å². The SMILES string of the molecule is N#Cc1ccc(NCCC(=O)NCc2ccccc2)cc1. The number of nitriles is 1. The predicted molar refractivity (Wildman–Crippen MR) is 82.6 cm³/mol. The average Bonchev–Trinajstić information content (AvgIpc) is 2.54. The molecule has 0 atom stereocenters. The molecule has 1 amide bonds. The lowest BCUT2D eigenvalue weighted by atomic mass is 10.2. The molecule has 2 aromatic carbocycles. The number of amides is 1. The van der Waals surface area contributed by atoms with Crippen molar-refractivity contribution in [2.45, 2.75) is 13.0 Å². The van der Waals surface area contributed by atoms with Crippen molar-refractivity contribution in [3.63, 3.8) is 0 Å². The van der Waals surface area contributed by atoms with Crippen LogP contribution < -0.4 is 10.6 Å². The molecule has 2 aromatic rings. The number of nitrogens with one attached hydrogen (secondary N) is 2. The number of nitrogens with zero attached hydrogens (tertiary/aromatic N) is 1. The number of benzene rings is 2. The Balaban J connectivity index is 1.68. The molecule has 0 spiro atoms. The molecule has 0 bridgehead atoms. The maximum absolute atomic E-state index is 11.7. The van der Waals surface area contributed by atoms with E-state index >= 15 is 0 Å². The molecule has 106 valence electrons. The van der Waals surface area contributed by atoms with Crippen LogP contribution in [0.5, 0.6) is 0 Å². The normalized spacial score (nSPS) is 9.67. The van der Waals surface area contributed by atoms with Gasteiger partial charge in [-0.1, -0.05) is 30.3 Å². The van der Waals surface area contributed by atoms with E-state index in [0.717, 1.165) is 11.3 Å². The van der Waals surface area contributed by atoms with E-state index in [1.54, 1.807) is 12.1 Å². The molecule has 2 rings (SSSR count). The van der Waals surface area contributed by atoms with Crippen LogP contribution in [-0.2, 0) is 11.3 Å². The summed E-state index contributed by atoms with van der Waals surface area (Å²) in [5.41, 5.74) is 2.62. The maximum Gasteiger partial charge on any atom is 0.222 e. The smallest absolute Gasteiger partial charge is 0.222 e. The van der Waals surface area contributed by atoms with Crippen molar-refractivity contribution in [2.75, 3.05) is 11.9 Å². The van der Waals surface area contributed by atoms with Gasteiger partial charge in [0.2, 0.25) is 5.91 Å². The van der Waals surface area contributed by atoms with Crippen molar-refractivity contribution >= 4 is 11.6 Å². The quantitative estimate of drug-likeness (QED) is 0.854. The minimum absolute atomic E-state index is 0.0139. The number of carbonyl (C=O) groups is 1. The molecule has 0 fully saturated rings. The molecule has 2 N–H and O–H groups in total. The van der Waals surface area contributed by atoms with Crippen molar-refractivity contribution < 1.29 is 4.79 Å². The standard InChI is InChI=1S/C17H17N3O/c18-12-14-6-8-16(9-7-14)19-11-10-17(21)20-13-15-4-2-1-3-5-15/h1-9,19H,10-11,13H2,(H,20,21). The largest absolute Gasteiger partial charge is 0.385 e. The Kier molecular flexibility index (Phi) is 5.36. The Bertz CT molecular complexity index is 615. The Morgan fingerprint density at radius 1 is 1.05 bits per heavy atom. The monoisotopic (exact) mass is 279 g/mol. The zero-order chi connectivity index (χ0) is 14.9. The van der Waals surface area contributed by atoms with Crippen LogP contribution in [0.4, 0.5) is 5.69 Å². The summed E-state index contributed by atoms with van der Waals surface area (Å²) in [6, 6.07) is 19.1. The van der Waals surface area contributed by atoms with Crippen molar-refractivity contribution in [3.8, 4) is 6.07 Å². The van der Waals surface area contributed by atoms with Crippen LogP contribution in [-0.4, -0.2) is 12.5 Å². The highest BCUT2D eigenvalue weighted by molar-refractivity contribution is 5.76. The number of carbonyl (C=O) groups excluding carboxylic acids is 1. The van der Waals surface area contributed by atoms with Crippen molar-refractivity contribution in [1.29, 1.82) is 5.26 Å². The van der Waals surface area contributed by atoms with Crippen molar-refractivity contribution in [2.24, 2.45) is 0 Å². The fourth-order valence-electron chi connectivity index (χ4n) is 1.87. The van der Waals surface area contributed by atoms with E-state index in [0.29, 0.717) is 25.1 Å². The molecule has 0 aromatic heterocycles. The van der Waals surface area contributed by atoms with Gasteiger partial charge < -0.3 is 10.6 Å². The van der Waals surface area contributed by atoms with E-state index < -0.39 is 0 Å². The third-order valence-corrected chi connectivity index (χ3v) is 3.03. The molecule has 0 aliphatic carbocycles. The first kappa shape index (κ1) is 14.6. The Morgan fingerprint density at radius 2 is 1.76 bits per heavy atom. The van der Waals surface area contributed by atoms with Gasteiger partial charge in [-0.2, -0.15) is 5.26 Å². The minimum atomic E-state index is 0.0139. The number of rotatable bonds is 6. The van der Waals surface area contributed by atoms with E-state index in [1.807, 2.05) is 42.5 Å². The van der Waals surface area contributed by atoms with Gasteiger partial charge in [0.25, 0.3) is 0 Å². The van der Waals surface area contributed by atoms with Crippen molar-refractivity contribution in [1.82, 2.24) is 5.32 Å². The van der Waals surface area contributed by atoms with E-state index in [9.17, 15) is 4.79 Å². The van der Waals surface area contributed by atoms with E-state index in [1.165, 1.54) is 0 Å². The summed E-state index contributed by atoms with van der Waals surface area (Å²) in [6.07, 6.45) is 0.410. The summed E-state index contributed by atoms with van der Waals surface area (Å²) in [7, 11) is 0. The highest BCUT2D eigenvalue weighted by Gasteiger charge is 2.01. The van der Waals surface area contributed by atoms with Crippen LogP contribution in [0, 0.1) is 11.3 Å². The summed E-state index contributed by atoms with van der Waals surface area (Å²) in [4.78, 5) is 11.7. The molecule has 0 aliphatic heterocycles. The Labute approximate surface area is 124 Å². The molecule has 4 heteroatoms. The fourth-order valence-corrected chi connectivity index (χ4v) is 1.87. The zero-order valence-electron chi connectivity index (χ0n) is 11.7. The molecule has 21 heavy (non-hydrogen) atoms. The van der Waals surface area contributed by atoms with Crippen LogP contribution in [0.15, 0.2) is 54.6 Å². The minimum Gasteiger partial charge on any atom is -0.385 e. The Hall–Kier alpha value is -2.80. The van der Waals surface area contributed by atoms with Crippen LogP contribution >= 0.6 is 0 Å². The van der Waals surface area contributed by atoms with Gasteiger partial charge in [0.1, 0.15) is 0 Å². The zero-order valence-corrected chi connectivity index (χ0v) is 11.7. The first-order valence-corrected chi connectivity index (χ1v) is 6.82. The lowest BCUT2D eigenvalue weighted by molar-refractivity contribution is -0.121. The second-order valence-corrected chi connectivity index (χ2v) is 4.63. The van der Waals surface area contributed by atoms with Gasteiger partial charge in [-0.3, -0.25) is 4.79 Å². The van der Waals surface area contributed by atoms with E-state index in [2.05, 4.69) is 16.7 Å². The molecule has 0 radical (unpaired) electrons. The summed E-state index contributed by atoms with van der Waals surface area (Å²) < 4.78 is 0. The number of anilines is 1. The molecule has 0 saturated heterocycles. The highest BCUT2D eigenvalue weighted by Crippen LogP contribution is 2.08. The summed E-state index contributed by atoms with van der Waals surface area (Å²) in [6.45, 7) is 1.11. The van der Waals surface area contributed by atoms with Gasteiger partial charge in [0.05, 0.1) is 11.6 Å². The van der Waals surface area contributed by atoms with Crippen LogP contribution in [0.25, 0.3) is 0 Å². The third kappa shape index (κ3) is 5.00. The molecule has 0 saturated carbocycles. The van der Waals surface area contributed by atoms with Gasteiger partial charge in [0.15, 0.2) is 0 Å². The van der Waals surface area contributed by atoms with Crippen molar-refractivity contribution in [3.05, 3.63) is 65.7 Å². The molecule has 0 unspecified atom stereocenters. The first-order valence-electron chi connectivity index (χ1n) is 6.82. The van der Waals surface area contributed by atoms with Gasteiger partial charge in [-0.15, -0.1) is 0 Å². The molecular weight excluding hydrogens is 262 g/mol. The summed E-state index contributed by atoms with van der Waals surface area (Å²) >= 11 is 0. The summed E-state index contributed by atoms with van der Waals surface area (Å²) in [5, 5.41) is 14.7. The van der Waals surface area contributed by atoms with Gasteiger partial charge in [-0.05, 0) is 29.8 Å². The lowest BCUT2D eigenvalue weighted by Gasteiger charge is -2.07. The molecule has 4 nitrogen and oxygen atoms in total. The van der Waals surface area contributed by atoms with E-state index in [4.69, 9.17) is 5.26 Å². The number of hydrogen-bond acceptors (Lipinski definition) is 3. The molecule has 0 aliphatic rings. The summed E-state index contributed by atoms with van der Waals surface area (Å²) in [5.74, 6) is 0.0139. The second-order valence-electron chi connectivity index (χ2n) is 4.63. The predicted octanol–water partition coefficient (Wildman–Crippen LogP) is 2.68. The third-order valence-electron chi connectivity index (χ3n) is 3.03.